The average molecular weight is 376 g/mol. The van der Waals surface area contributed by atoms with E-state index in [9.17, 15) is 14.7 Å². The van der Waals surface area contributed by atoms with Gasteiger partial charge in [-0.15, -0.1) is 11.3 Å². The molecule has 7 nitrogen and oxygen atoms in total. The Labute approximate surface area is 155 Å². The molecule has 0 spiro atoms. The van der Waals surface area contributed by atoms with Crippen LogP contribution < -0.4 is 4.74 Å². The molecular formula is C18H20N2O5S. The number of ether oxygens (including phenoxy) is 2. The second-order valence-corrected chi connectivity index (χ2v) is 6.97. The number of carbonyl (C=O) groups is 2. The van der Waals surface area contributed by atoms with Crippen molar-refractivity contribution in [1.29, 1.82) is 0 Å². The lowest BCUT2D eigenvalue weighted by atomic mass is 10.2. The number of rotatable bonds is 6. The number of aryl methyl sites for hydroxylation is 1. The first kappa shape index (κ1) is 18.3. The van der Waals surface area contributed by atoms with E-state index in [2.05, 4.69) is 4.98 Å². The number of thiazole rings is 1. The summed E-state index contributed by atoms with van der Waals surface area (Å²) < 4.78 is 10.8. The first-order valence-corrected chi connectivity index (χ1v) is 9.13. The molecule has 1 fully saturated rings. The number of hydrogen-bond acceptors (Lipinski definition) is 6. The number of aliphatic carboxylic acids is 1. The number of nitrogens with zero attached hydrogens (tertiary/aromatic N) is 2. The summed E-state index contributed by atoms with van der Waals surface area (Å²) in [5.41, 5.74) is 1.79. The van der Waals surface area contributed by atoms with E-state index in [1.54, 1.807) is 0 Å². The van der Waals surface area contributed by atoms with Crippen LogP contribution in [0.25, 0.3) is 0 Å². The van der Waals surface area contributed by atoms with Crippen LogP contribution >= 0.6 is 11.3 Å². The molecule has 0 saturated carbocycles. The molecule has 1 aliphatic heterocycles. The van der Waals surface area contributed by atoms with Crippen LogP contribution in [0.3, 0.4) is 0 Å². The molecule has 2 heterocycles. The molecule has 1 aliphatic rings. The highest BCUT2D eigenvalue weighted by Crippen LogP contribution is 2.17. The van der Waals surface area contributed by atoms with Gasteiger partial charge in [-0.3, -0.25) is 4.79 Å². The second-order valence-electron chi connectivity index (χ2n) is 6.03. The number of morpholine rings is 1. The molecule has 1 saturated heterocycles. The monoisotopic (exact) mass is 376 g/mol. The van der Waals surface area contributed by atoms with Crippen LogP contribution in [-0.4, -0.2) is 52.7 Å². The molecule has 1 aromatic carbocycles. The van der Waals surface area contributed by atoms with Gasteiger partial charge in [-0.2, -0.15) is 0 Å². The van der Waals surface area contributed by atoms with Crippen LogP contribution in [0.1, 0.15) is 16.3 Å². The fraction of sp³-hybridized carbons (Fsp3) is 0.389. The molecule has 1 unspecified atom stereocenters. The molecule has 8 heteroatoms. The number of carboxylic acids is 1. The summed E-state index contributed by atoms with van der Waals surface area (Å²) in [4.78, 5) is 29.5. The van der Waals surface area contributed by atoms with Crippen LogP contribution in [0, 0.1) is 6.92 Å². The standard InChI is InChI=1S/C18H20N2O5S/c1-12-2-4-14(5-3-12)25-10-16-19-13(11-26-16)8-17(21)20-6-7-24-9-15(20)18(22)23/h2-5,11,15H,6-10H2,1H3,(H,22,23). The van der Waals surface area contributed by atoms with Gasteiger partial charge in [0.1, 0.15) is 17.4 Å². The topological polar surface area (TPSA) is 89.0 Å². The molecule has 0 bridgehead atoms. The van der Waals surface area contributed by atoms with Gasteiger partial charge in [-0.05, 0) is 19.1 Å². The van der Waals surface area contributed by atoms with E-state index < -0.39 is 12.0 Å². The van der Waals surface area contributed by atoms with Gasteiger partial charge >= 0.3 is 5.97 Å². The fourth-order valence-electron chi connectivity index (χ4n) is 2.64. The molecule has 0 radical (unpaired) electrons. The normalized spacial score (nSPS) is 17.1. The molecule has 1 aromatic heterocycles. The Morgan fingerprint density at radius 1 is 1.38 bits per heavy atom. The minimum Gasteiger partial charge on any atom is -0.486 e. The van der Waals surface area contributed by atoms with Crippen LogP contribution in [0.5, 0.6) is 5.75 Å². The largest absolute Gasteiger partial charge is 0.486 e. The minimum absolute atomic E-state index is 0.0216. The quantitative estimate of drug-likeness (QED) is 0.828. The van der Waals surface area contributed by atoms with Crippen molar-refractivity contribution < 1.29 is 24.2 Å². The summed E-state index contributed by atoms with van der Waals surface area (Å²) >= 11 is 1.42. The van der Waals surface area contributed by atoms with Crippen molar-refractivity contribution in [1.82, 2.24) is 9.88 Å². The van der Waals surface area contributed by atoms with Gasteiger partial charge in [0.05, 0.1) is 25.3 Å². The number of carbonyl (C=O) groups excluding carboxylic acids is 1. The average Bonchev–Trinajstić information content (AvgIpc) is 3.08. The smallest absolute Gasteiger partial charge is 0.328 e. The Morgan fingerprint density at radius 2 is 2.15 bits per heavy atom. The maximum atomic E-state index is 12.4. The number of carboxylic acid groups (broad SMARTS) is 1. The van der Waals surface area contributed by atoms with Gasteiger partial charge in [0.25, 0.3) is 0 Å². The third-order valence-electron chi connectivity index (χ3n) is 4.05. The molecule has 2 aromatic rings. The van der Waals surface area contributed by atoms with E-state index in [1.807, 2.05) is 36.6 Å². The molecule has 1 N–H and O–H groups in total. The van der Waals surface area contributed by atoms with Gasteiger partial charge in [0.15, 0.2) is 6.04 Å². The van der Waals surface area contributed by atoms with Gasteiger partial charge in [-0.1, -0.05) is 17.7 Å². The fourth-order valence-corrected chi connectivity index (χ4v) is 3.34. The summed E-state index contributed by atoms with van der Waals surface area (Å²) in [5.74, 6) is -0.540. The van der Waals surface area contributed by atoms with Gasteiger partial charge in [0.2, 0.25) is 5.91 Å². The zero-order chi connectivity index (χ0) is 18.5. The highest BCUT2D eigenvalue weighted by molar-refractivity contribution is 7.09. The second kappa shape index (κ2) is 8.29. The minimum atomic E-state index is -1.05. The van der Waals surface area contributed by atoms with Crippen molar-refractivity contribution >= 4 is 23.2 Å². The van der Waals surface area contributed by atoms with E-state index in [1.165, 1.54) is 16.2 Å². The van der Waals surface area contributed by atoms with E-state index in [4.69, 9.17) is 9.47 Å². The number of hydrogen-bond donors (Lipinski definition) is 1. The van der Waals surface area contributed by atoms with Gasteiger partial charge in [0, 0.05) is 11.9 Å². The number of benzene rings is 1. The Balaban J connectivity index is 1.56. The summed E-state index contributed by atoms with van der Waals surface area (Å²) in [5, 5.41) is 11.8. The third-order valence-corrected chi connectivity index (χ3v) is 4.92. The van der Waals surface area contributed by atoms with E-state index in [-0.39, 0.29) is 25.5 Å². The van der Waals surface area contributed by atoms with Crippen molar-refractivity contribution in [3.63, 3.8) is 0 Å². The Bertz CT molecular complexity index is 774. The predicted molar refractivity (Wildman–Crippen MR) is 95.3 cm³/mol. The van der Waals surface area contributed by atoms with E-state index in [0.717, 1.165) is 16.3 Å². The first-order valence-electron chi connectivity index (χ1n) is 8.25. The molecule has 1 amide bonds. The number of amides is 1. The molecule has 0 aliphatic carbocycles. The summed E-state index contributed by atoms with van der Waals surface area (Å²) in [6.07, 6.45) is 0.0742. The summed E-state index contributed by atoms with van der Waals surface area (Å²) in [6.45, 7) is 2.99. The zero-order valence-electron chi connectivity index (χ0n) is 14.4. The lowest BCUT2D eigenvalue weighted by molar-refractivity contribution is -0.158. The Morgan fingerprint density at radius 3 is 2.88 bits per heavy atom. The zero-order valence-corrected chi connectivity index (χ0v) is 15.2. The molecule has 1 atom stereocenters. The Kier molecular flexibility index (Phi) is 5.85. The van der Waals surface area contributed by atoms with Crippen molar-refractivity contribution in [2.75, 3.05) is 19.8 Å². The number of aromatic nitrogens is 1. The van der Waals surface area contributed by atoms with Gasteiger partial charge < -0.3 is 19.5 Å². The molecule has 138 valence electrons. The highest BCUT2D eigenvalue weighted by atomic mass is 32.1. The highest BCUT2D eigenvalue weighted by Gasteiger charge is 2.32. The maximum Gasteiger partial charge on any atom is 0.328 e. The first-order chi connectivity index (χ1) is 12.5. The Hall–Kier alpha value is -2.45. The van der Waals surface area contributed by atoms with Crippen molar-refractivity contribution in [3.05, 3.63) is 45.9 Å². The molecular weight excluding hydrogens is 356 g/mol. The SMILES string of the molecule is Cc1ccc(OCc2nc(CC(=O)N3CCOCC3C(=O)O)cs2)cc1. The molecule has 26 heavy (non-hydrogen) atoms. The lowest BCUT2D eigenvalue weighted by Crippen LogP contribution is -2.53. The van der Waals surface area contributed by atoms with E-state index >= 15 is 0 Å². The van der Waals surface area contributed by atoms with Crippen molar-refractivity contribution in [3.8, 4) is 5.75 Å². The van der Waals surface area contributed by atoms with Crippen molar-refractivity contribution in [2.24, 2.45) is 0 Å². The summed E-state index contributed by atoms with van der Waals surface area (Å²) in [7, 11) is 0. The lowest BCUT2D eigenvalue weighted by Gasteiger charge is -2.32. The van der Waals surface area contributed by atoms with Crippen LogP contribution in [-0.2, 0) is 27.4 Å². The van der Waals surface area contributed by atoms with Gasteiger partial charge in [-0.25, -0.2) is 9.78 Å². The van der Waals surface area contributed by atoms with Crippen LogP contribution in [0.4, 0.5) is 0 Å². The van der Waals surface area contributed by atoms with Crippen LogP contribution in [0.2, 0.25) is 0 Å². The van der Waals surface area contributed by atoms with Crippen LogP contribution in [0.15, 0.2) is 29.6 Å². The summed E-state index contributed by atoms with van der Waals surface area (Å²) in [6, 6.07) is 6.82. The van der Waals surface area contributed by atoms with Crippen molar-refractivity contribution in [2.45, 2.75) is 26.0 Å². The third kappa shape index (κ3) is 4.59. The maximum absolute atomic E-state index is 12.4. The predicted octanol–water partition coefficient (Wildman–Crippen LogP) is 1.89. The van der Waals surface area contributed by atoms with E-state index in [0.29, 0.717) is 18.9 Å². The molecule has 3 rings (SSSR count).